The van der Waals surface area contributed by atoms with Crippen LogP contribution in [0.4, 0.5) is 5.69 Å². The van der Waals surface area contributed by atoms with Gasteiger partial charge in [0.05, 0.1) is 5.56 Å². The zero-order valence-corrected chi connectivity index (χ0v) is 14.3. The van der Waals surface area contributed by atoms with Crippen molar-refractivity contribution in [1.29, 1.82) is 0 Å². The zero-order valence-electron chi connectivity index (χ0n) is 14.3. The summed E-state index contributed by atoms with van der Waals surface area (Å²) in [5.41, 5.74) is 2.15. The summed E-state index contributed by atoms with van der Waals surface area (Å²) >= 11 is 0. The predicted octanol–water partition coefficient (Wildman–Crippen LogP) is 4.55. The molecule has 0 spiro atoms. The van der Waals surface area contributed by atoms with E-state index < -0.39 is 0 Å². The average molecular weight is 345 g/mol. The molecule has 3 aromatic rings. The molecular weight excluding hydrogens is 326 g/mol. The van der Waals surface area contributed by atoms with Gasteiger partial charge in [-0.15, -0.1) is 0 Å². The molecule has 1 aliphatic rings. The Morgan fingerprint density at radius 2 is 1.65 bits per heavy atom. The second-order valence-corrected chi connectivity index (χ2v) is 6.56. The van der Waals surface area contributed by atoms with Crippen LogP contribution in [-0.2, 0) is 16.1 Å². The first-order valence-electron chi connectivity index (χ1n) is 8.75. The monoisotopic (exact) mass is 345 g/mol. The first-order valence-corrected chi connectivity index (χ1v) is 8.75. The lowest BCUT2D eigenvalue weighted by molar-refractivity contribution is -0.117. The van der Waals surface area contributed by atoms with Crippen LogP contribution >= 0.6 is 0 Å². The Bertz CT molecular complexity index is 953. The Hall–Kier alpha value is -3.14. The smallest absolute Gasteiger partial charge is 0.338 e. The van der Waals surface area contributed by atoms with E-state index in [-0.39, 0.29) is 24.4 Å². The molecule has 1 fully saturated rings. The fourth-order valence-electron chi connectivity index (χ4n) is 2.92. The molecule has 1 saturated carbocycles. The van der Waals surface area contributed by atoms with Crippen molar-refractivity contribution < 1.29 is 14.3 Å². The molecular formula is C22H19NO3. The van der Waals surface area contributed by atoms with Gasteiger partial charge in [-0.05, 0) is 53.4 Å². The molecule has 1 amide bonds. The van der Waals surface area contributed by atoms with Crippen LogP contribution < -0.4 is 5.32 Å². The highest BCUT2D eigenvalue weighted by Crippen LogP contribution is 2.30. The van der Waals surface area contributed by atoms with E-state index >= 15 is 0 Å². The molecule has 4 nitrogen and oxygen atoms in total. The summed E-state index contributed by atoms with van der Waals surface area (Å²) in [6.45, 7) is 0.223. The van der Waals surface area contributed by atoms with Gasteiger partial charge in [-0.25, -0.2) is 4.79 Å². The number of fused-ring (bicyclic) bond motifs is 1. The van der Waals surface area contributed by atoms with Gasteiger partial charge in [0.2, 0.25) is 5.91 Å². The van der Waals surface area contributed by atoms with E-state index in [0.29, 0.717) is 11.3 Å². The van der Waals surface area contributed by atoms with Crippen LogP contribution in [-0.4, -0.2) is 11.9 Å². The van der Waals surface area contributed by atoms with Crippen LogP contribution in [0.15, 0.2) is 66.7 Å². The van der Waals surface area contributed by atoms with E-state index in [9.17, 15) is 9.59 Å². The number of hydrogen-bond acceptors (Lipinski definition) is 3. The van der Waals surface area contributed by atoms with Crippen LogP contribution in [0.2, 0.25) is 0 Å². The van der Waals surface area contributed by atoms with Crippen molar-refractivity contribution in [3.63, 3.8) is 0 Å². The fraction of sp³-hybridized carbons (Fsp3) is 0.182. The van der Waals surface area contributed by atoms with Crippen molar-refractivity contribution in [2.24, 2.45) is 5.92 Å². The lowest BCUT2D eigenvalue weighted by Gasteiger charge is -2.09. The van der Waals surface area contributed by atoms with Crippen molar-refractivity contribution in [3.8, 4) is 0 Å². The minimum Gasteiger partial charge on any atom is -0.457 e. The minimum atomic E-state index is -0.377. The number of benzene rings is 3. The van der Waals surface area contributed by atoms with Crippen molar-refractivity contribution in [2.75, 3.05) is 5.32 Å². The molecule has 26 heavy (non-hydrogen) atoms. The third kappa shape index (κ3) is 3.59. The van der Waals surface area contributed by atoms with Gasteiger partial charge < -0.3 is 10.1 Å². The molecule has 0 saturated heterocycles. The maximum absolute atomic E-state index is 12.3. The lowest BCUT2D eigenvalue weighted by atomic mass is 10.1. The second kappa shape index (κ2) is 7.00. The second-order valence-electron chi connectivity index (χ2n) is 6.56. The van der Waals surface area contributed by atoms with Crippen LogP contribution in [0.3, 0.4) is 0 Å². The van der Waals surface area contributed by atoms with E-state index in [4.69, 9.17) is 4.74 Å². The number of nitrogens with one attached hydrogen (secondary N) is 1. The summed E-state index contributed by atoms with van der Waals surface area (Å²) in [5.74, 6) is -0.172. The van der Waals surface area contributed by atoms with Gasteiger partial charge in [-0.2, -0.15) is 0 Å². The molecule has 0 bridgehead atoms. The third-order valence-corrected chi connectivity index (χ3v) is 4.57. The van der Waals surface area contributed by atoms with Crippen molar-refractivity contribution in [2.45, 2.75) is 19.4 Å². The number of carbonyl (C=O) groups excluding carboxylic acids is 2. The highest BCUT2D eigenvalue weighted by atomic mass is 16.5. The number of carbonyl (C=O) groups is 2. The summed E-state index contributed by atoms with van der Waals surface area (Å²) < 4.78 is 5.47. The van der Waals surface area contributed by atoms with E-state index in [2.05, 4.69) is 5.32 Å². The average Bonchev–Trinajstić information content (AvgIpc) is 3.52. The van der Waals surface area contributed by atoms with Gasteiger partial charge in [-0.1, -0.05) is 42.5 Å². The van der Waals surface area contributed by atoms with Gasteiger partial charge in [-0.3, -0.25) is 4.79 Å². The molecule has 4 heteroatoms. The Morgan fingerprint density at radius 1 is 0.923 bits per heavy atom. The van der Waals surface area contributed by atoms with Gasteiger partial charge in [0.25, 0.3) is 0 Å². The number of amides is 1. The quantitative estimate of drug-likeness (QED) is 0.691. The standard InChI is InChI=1S/C22H19NO3/c24-21(16-8-9-16)23-19-12-10-17(11-13-19)22(25)26-14-18-6-3-5-15-4-1-2-7-20(15)18/h1-7,10-13,16H,8-9,14H2,(H,23,24). The molecule has 0 aromatic heterocycles. The zero-order chi connectivity index (χ0) is 17.9. The normalized spacial score (nSPS) is 13.4. The van der Waals surface area contributed by atoms with Gasteiger partial charge in [0, 0.05) is 11.6 Å². The Kier molecular flexibility index (Phi) is 4.40. The van der Waals surface area contributed by atoms with Crippen LogP contribution in [0, 0.1) is 5.92 Å². The third-order valence-electron chi connectivity index (χ3n) is 4.57. The number of esters is 1. The van der Waals surface area contributed by atoms with E-state index in [1.807, 2.05) is 42.5 Å². The molecule has 0 atom stereocenters. The molecule has 0 heterocycles. The summed E-state index contributed by atoms with van der Waals surface area (Å²) in [5, 5.41) is 5.06. The summed E-state index contributed by atoms with van der Waals surface area (Å²) in [6, 6.07) is 20.8. The van der Waals surface area contributed by atoms with Crippen LogP contribution in [0.25, 0.3) is 10.8 Å². The summed E-state index contributed by atoms with van der Waals surface area (Å²) in [4.78, 5) is 24.1. The van der Waals surface area contributed by atoms with Crippen LogP contribution in [0.1, 0.15) is 28.8 Å². The first-order chi connectivity index (χ1) is 12.7. The van der Waals surface area contributed by atoms with Gasteiger partial charge in [0.1, 0.15) is 6.61 Å². The SMILES string of the molecule is O=C(OCc1cccc2ccccc12)c1ccc(NC(=O)C2CC2)cc1. The van der Waals surface area contributed by atoms with E-state index in [1.54, 1.807) is 24.3 Å². The highest BCUT2D eigenvalue weighted by Gasteiger charge is 2.29. The Balaban J connectivity index is 1.40. The summed E-state index contributed by atoms with van der Waals surface area (Å²) in [7, 11) is 0. The molecule has 0 aliphatic heterocycles. The minimum absolute atomic E-state index is 0.0521. The molecule has 1 N–H and O–H groups in total. The highest BCUT2D eigenvalue weighted by molar-refractivity contribution is 5.95. The Morgan fingerprint density at radius 3 is 2.42 bits per heavy atom. The molecule has 0 radical (unpaired) electrons. The number of rotatable bonds is 5. The molecule has 3 aromatic carbocycles. The number of ether oxygens (including phenoxy) is 1. The van der Waals surface area contributed by atoms with Crippen molar-refractivity contribution in [1.82, 2.24) is 0 Å². The Labute approximate surface area is 151 Å². The van der Waals surface area contributed by atoms with E-state index in [0.717, 1.165) is 29.2 Å². The largest absolute Gasteiger partial charge is 0.457 e. The van der Waals surface area contributed by atoms with Crippen LogP contribution in [0.5, 0.6) is 0 Å². The fourth-order valence-corrected chi connectivity index (χ4v) is 2.92. The molecule has 0 unspecified atom stereocenters. The van der Waals surface area contributed by atoms with Gasteiger partial charge >= 0.3 is 5.97 Å². The van der Waals surface area contributed by atoms with Crippen molar-refractivity contribution >= 4 is 28.3 Å². The number of hydrogen-bond donors (Lipinski definition) is 1. The predicted molar refractivity (Wildman–Crippen MR) is 101 cm³/mol. The maximum atomic E-state index is 12.3. The number of anilines is 1. The van der Waals surface area contributed by atoms with Gasteiger partial charge in [0.15, 0.2) is 0 Å². The molecule has 4 rings (SSSR count). The molecule has 130 valence electrons. The maximum Gasteiger partial charge on any atom is 0.338 e. The topological polar surface area (TPSA) is 55.4 Å². The molecule has 1 aliphatic carbocycles. The first kappa shape index (κ1) is 16.3. The summed E-state index contributed by atoms with van der Waals surface area (Å²) in [6.07, 6.45) is 1.93. The lowest BCUT2D eigenvalue weighted by Crippen LogP contribution is -2.13. The van der Waals surface area contributed by atoms with Crippen molar-refractivity contribution in [3.05, 3.63) is 77.9 Å². The van der Waals surface area contributed by atoms with E-state index in [1.165, 1.54) is 0 Å².